The predicted molar refractivity (Wildman–Crippen MR) is 61.2 cm³/mol. The molecule has 0 aliphatic carbocycles. The molecule has 2 aromatic rings. The third-order valence-electron chi connectivity index (χ3n) is 3.00. The number of rotatable bonds is 2. The van der Waals surface area contributed by atoms with E-state index in [4.69, 9.17) is 15.0 Å². The van der Waals surface area contributed by atoms with Gasteiger partial charge in [0.25, 0.3) is 0 Å². The second kappa shape index (κ2) is 4.47. The molecule has 1 saturated heterocycles. The number of nitrogens with two attached hydrogens (primary N) is 1. The lowest BCUT2D eigenvalue weighted by Crippen LogP contribution is -2.26. The first kappa shape index (κ1) is 11.3. The van der Waals surface area contributed by atoms with Crippen molar-refractivity contribution in [1.82, 2.24) is 10.1 Å². The normalized spacial score (nSPS) is 23.4. The van der Waals surface area contributed by atoms with E-state index >= 15 is 0 Å². The third kappa shape index (κ3) is 1.89. The zero-order valence-corrected chi connectivity index (χ0v) is 9.54. The molecule has 5 nitrogen and oxygen atoms in total. The molecule has 0 spiro atoms. The van der Waals surface area contributed by atoms with Gasteiger partial charge in [-0.1, -0.05) is 17.3 Å². The zero-order valence-electron chi connectivity index (χ0n) is 9.54. The number of benzene rings is 1. The Morgan fingerprint density at radius 2 is 2.11 bits per heavy atom. The second-order valence-corrected chi connectivity index (χ2v) is 4.24. The summed E-state index contributed by atoms with van der Waals surface area (Å²) in [5.41, 5.74) is 6.18. The van der Waals surface area contributed by atoms with Crippen molar-refractivity contribution < 1.29 is 13.7 Å². The molecular weight excluding hydrogens is 237 g/mol. The highest BCUT2D eigenvalue weighted by Gasteiger charge is 2.31. The van der Waals surface area contributed by atoms with E-state index in [0.29, 0.717) is 24.7 Å². The van der Waals surface area contributed by atoms with Gasteiger partial charge in [0.05, 0.1) is 24.7 Å². The molecule has 3 rings (SSSR count). The Bertz CT molecular complexity index is 558. The molecule has 1 aromatic heterocycles. The molecule has 0 radical (unpaired) electrons. The molecule has 1 aromatic carbocycles. The summed E-state index contributed by atoms with van der Waals surface area (Å²) in [6, 6.07) is 6.14. The number of hydrogen-bond donors (Lipinski definition) is 1. The average molecular weight is 249 g/mol. The Morgan fingerprint density at radius 3 is 2.83 bits per heavy atom. The maximum atomic E-state index is 13.6. The average Bonchev–Trinajstić information content (AvgIpc) is 2.98. The van der Waals surface area contributed by atoms with E-state index in [2.05, 4.69) is 10.1 Å². The topological polar surface area (TPSA) is 74.2 Å². The molecule has 0 amide bonds. The molecule has 2 unspecified atom stereocenters. The van der Waals surface area contributed by atoms with Crippen LogP contribution in [0.2, 0.25) is 0 Å². The van der Waals surface area contributed by atoms with Gasteiger partial charge in [-0.3, -0.25) is 0 Å². The van der Waals surface area contributed by atoms with Gasteiger partial charge in [-0.15, -0.1) is 0 Å². The Balaban J connectivity index is 1.92. The Kier molecular flexibility index (Phi) is 2.81. The lowest BCUT2D eigenvalue weighted by atomic mass is 10.1. The first-order valence-corrected chi connectivity index (χ1v) is 5.67. The van der Waals surface area contributed by atoms with Gasteiger partial charge in [0.15, 0.2) is 0 Å². The number of ether oxygens (including phenoxy) is 1. The van der Waals surface area contributed by atoms with Crippen LogP contribution in [0.5, 0.6) is 0 Å². The van der Waals surface area contributed by atoms with Gasteiger partial charge in [0, 0.05) is 6.04 Å². The standard InChI is InChI=1S/C12H12FN3O2/c13-9-4-2-1-3-7(9)11-15-12(18-16-11)8-5-17-6-10(8)14/h1-4,8,10H,5-6,14H2. The van der Waals surface area contributed by atoms with Gasteiger partial charge >= 0.3 is 0 Å². The van der Waals surface area contributed by atoms with Gasteiger partial charge in [-0.2, -0.15) is 4.98 Å². The van der Waals surface area contributed by atoms with Crippen molar-refractivity contribution >= 4 is 0 Å². The van der Waals surface area contributed by atoms with E-state index in [1.54, 1.807) is 18.2 Å². The van der Waals surface area contributed by atoms with Gasteiger partial charge in [0.2, 0.25) is 11.7 Å². The molecule has 1 aliphatic heterocycles. The van der Waals surface area contributed by atoms with Crippen molar-refractivity contribution in [1.29, 1.82) is 0 Å². The maximum absolute atomic E-state index is 13.6. The van der Waals surface area contributed by atoms with Crippen LogP contribution in [0.25, 0.3) is 11.4 Å². The van der Waals surface area contributed by atoms with Gasteiger partial charge in [-0.25, -0.2) is 4.39 Å². The zero-order chi connectivity index (χ0) is 12.5. The Hall–Kier alpha value is -1.79. The smallest absolute Gasteiger partial charge is 0.234 e. The van der Waals surface area contributed by atoms with Crippen molar-refractivity contribution in [2.45, 2.75) is 12.0 Å². The Labute approximate surface area is 103 Å². The number of aromatic nitrogens is 2. The molecular formula is C12H12FN3O2. The second-order valence-electron chi connectivity index (χ2n) is 4.24. The lowest BCUT2D eigenvalue weighted by Gasteiger charge is -2.06. The van der Waals surface area contributed by atoms with E-state index in [-0.39, 0.29) is 23.6 Å². The molecule has 2 atom stereocenters. The maximum Gasteiger partial charge on any atom is 0.234 e. The molecule has 94 valence electrons. The molecule has 18 heavy (non-hydrogen) atoms. The van der Waals surface area contributed by atoms with Crippen molar-refractivity contribution in [2.75, 3.05) is 13.2 Å². The quantitative estimate of drug-likeness (QED) is 0.868. The summed E-state index contributed by atoms with van der Waals surface area (Å²) < 4.78 is 23.9. The van der Waals surface area contributed by atoms with E-state index in [1.165, 1.54) is 6.07 Å². The summed E-state index contributed by atoms with van der Waals surface area (Å²) in [7, 11) is 0. The minimum Gasteiger partial charge on any atom is -0.379 e. The van der Waals surface area contributed by atoms with Crippen LogP contribution in [-0.4, -0.2) is 29.4 Å². The van der Waals surface area contributed by atoms with Crippen molar-refractivity contribution in [3.05, 3.63) is 36.0 Å². The molecule has 1 fully saturated rings. The molecule has 0 bridgehead atoms. The first-order valence-electron chi connectivity index (χ1n) is 5.67. The fourth-order valence-corrected chi connectivity index (χ4v) is 1.96. The summed E-state index contributed by atoms with van der Waals surface area (Å²) in [6.45, 7) is 0.933. The summed E-state index contributed by atoms with van der Waals surface area (Å²) in [4.78, 5) is 4.20. The molecule has 2 heterocycles. The number of halogens is 1. The Morgan fingerprint density at radius 1 is 1.28 bits per heavy atom. The van der Waals surface area contributed by atoms with E-state index < -0.39 is 0 Å². The molecule has 0 saturated carbocycles. The number of nitrogens with zero attached hydrogens (tertiary/aromatic N) is 2. The van der Waals surface area contributed by atoms with Crippen LogP contribution < -0.4 is 5.73 Å². The van der Waals surface area contributed by atoms with Crippen LogP contribution >= 0.6 is 0 Å². The summed E-state index contributed by atoms with van der Waals surface area (Å²) >= 11 is 0. The van der Waals surface area contributed by atoms with Gasteiger partial charge < -0.3 is 15.0 Å². The molecule has 1 aliphatic rings. The summed E-state index contributed by atoms with van der Waals surface area (Å²) in [5.74, 6) is 0.148. The minimum atomic E-state index is -0.378. The lowest BCUT2D eigenvalue weighted by molar-refractivity contribution is 0.187. The highest BCUT2D eigenvalue weighted by molar-refractivity contribution is 5.54. The molecule has 6 heteroatoms. The minimum absolute atomic E-state index is 0.113. The van der Waals surface area contributed by atoms with Crippen LogP contribution in [0.4, 0.5) is 4.39 Å². The van der Waals surface area contributed by atoms with Crippen molar-refractivity contribution in [2.24, 2.45) is 5.73 Å². The van der Waals surface area contributed by atoms with Crippen LogP contribution in [-0.2, 0) is 4.74 Å². The highest BCUT2D eigenvalue weighted by Crippen LogP contribution is 2.26. The van der Waals surface area contributed by atoms with E-state index in [1.807, 2.05) is 0 Å². The fraction of sp³-hybridized carbons (Fsp3) is 0.333. The van der Waals surface area contributed by atoms with Crippen LogP contribution in [0.3, 0.4) is 0 Å². The third-order valence-corrected chi connectivity index (χ3v) is 3.00. The SMILES string of the molecule is NC1COCC1c1nc(-c2ccccc2F)no1. The predicted octanol–water partition coefficient (Wildman–Crippen LogP) is 1.32. The number of hydrogen-bond acceptors (Lipinski definition) is 5. The summed E-state index contributed by atoms with van der Waals surface area (Å²) in [6.07, 6.45) is 0. The van der Waals surface area contributed by atoms with Crippen molar-refractivity contribution in [3.8, 4) is 11.4 Å². The first-order chi connectivity index (χ1) is 8.75. The van der Waals surface area contributed by atoms with E-state index in [0.717, 1.165) is 0 Å². The van der Waals surface area contributed by atoms with E-state index in [9.17, 15) is 4.39 Å². The van der Waals surface area contributed by atoms with Crippen LogP contribution in [0, 0.1) is 5.82 Å². The highest BCUT2D eigenvalue weighted by atomic mass is 19.1. The van der Waals surface area contributed by atoms with Gasteiger partial charge in [-0.05, 0) is 12.1 Å². The largest absolute Gasteiger partial charge is 0.379 e. The van der Waals surface area contributed by atoms with Crippen LogP contribution in [0.15, 0.2) is 28.8 Å². The van der Waals surface area contributed by atoms with Gasteiger partial charge in [0.1, 0.15) is 5.82 Å². The summed E-state index contributed by atoms with van der Waals surface area (Å²) in [5, 5.41) is 3.79. The monoisotopic (exact) mass is 249 g/mol. The fourth-order valence-electron chi connectivity index (χ4n) is 1.96. The van der Waals surface area contributed by atoms with Crippen LogP contribution in [0.1, 0.15) is 11.8 Å². The van der Waals surface area contributed by atoms with Crippen molar-refractivity contribution in [3.63, 3.8) is 0 Å². The molecule has 2 N–H and O–H groups in total.